The monoisotopic (exact) mass is 228 g/mol. The summed E-state index contributed by atoms with van der Waals surface area (Å²) in [6, 6.07) is 8.19. The molecule has 1 atom stereocenters. The Balaban J connectivity index is 1.80. The first kappa shape index (κ1) is 10.5. The second-order valence-corrected chi connectivity index (χ2v) is 4.47. The summed E-state index contributed by atoms with van der Waals surface area (Å²) in [5.74, 6) is 0.956. The molecule has 3 heteroatoms. The van der Waals surface area contributed by atoms with Crippen molar-refractivity contribution in [3.8, 4) is 5.75 Å². The minimum absolute atomic E-state index is 0.308. The fourth-order valence-corrected chi connectivity index (χ4v) is 2.25. The van der Waals surface area contributed by atoms with Crippen molar-refractivity contribution in [1.29, 1.82) is 0 Å². The zero-order chi connectivity index (χ0) is 11.5. The smallest absolute Gasteiger partial charge is 0.120 e. The van der Waals surface area contributed by atoms with Crippen molar-refractivity contribution in [3.05, 3.63) is 36.7 Å². The van der Waals surface area contributed by atoms with Crippen LogP contribution in [0.25, 0.3) is 10.8 Å². The molecule has 2 heterocycles. The van der Waals surface area contributed by atoms with Gasteiger partial charge in [-0.15, -0.1) is 0 Å². The van der Waals surface area contributed by atoms with Gasteiger partial charge in [0.1, 0.15) is 11.9 Å². The number of nitrogens with one attached hydrogen (secondary N) is 1. The van der Waals surface area contributed by atoms with E-state index in [-0.39, 0.29) is 0 Å². The first-order chi connectivity index (χ1) is 8.42. The highest BCUT2D eigenvalue weighted by Crippen LogP contribution is 2.21. The molecule has 1 N–H and O–H groups in total. The van der Waals surface area contributed by atoms with Crippen molar-refractivity contribution in [1.82, 2.24) is 10.3 Å². The van der Waals surface area contributed by atoms with E-state index >= 15 is 0 Å². The number of rotatable bonds is 2. The van der Waals surface area contributed by atoms with Gasteiger partial charge in [0, 0.05) is 24.3 Å². The maximum absolute atomic E-state index is 5.98. The van der Waals surface area contributed by atoms with E-state index in [0.717, 1.165) is 30.6 Å². The lowest BCUT2D eigenvalue weighted by Gasteiger charge is -2.24. The number of aromatic nitrogens is 1. The Labute approximate surface area is 101 Å². The molecule has 0 aliphatic carbocycles. The van der Waals surface area contributed by atoms with Crippen molar-refractivity contribution in [2.45, 2.75) is 18.9 Å². The van der Waals surface area contributed by atoms with Crippen molar-refractivity contribution >= 4 is 10.8 Å². The van der Waals surface area contributed by atoms with E-state index in [9.17, 15) is 0 Å². The van der Waals surface area contributed by atoms with Crippen LogP contribution in [0.3, 0.4) is 0 Å². The van der Waals surface area contributed by atoms with Crippen molar-refractivity contribution in [3.63, 3.8) is 0 Å². The molecule has 3 rings (SSSR count). The Bertz CT molecular complexity index is 506. The summed E-state index contributed by atoms with van der Waals surface area (Å²) in [4.78, 5) is 4.11. The fourth-order valence-electron chi connectivity index (χ4n) is 2.25. The van der Waals surface area contributed by atoms with Gasteiger partial charge in [-0.3, -0.25) is 4.98 Å². The molecule has 0 radical (unpaired) electrons. The Morgan fingerprint density at radius 3 is 3.12 bits per heavy atom. The van der Waals surface area contributed by atoms with Crippen LogP contribution in [0.15, 0.2) is 36.7 Å². The van der Waals surface area contributed by atoms with E-state index in [4.69, 9.17) is 4.74 Å². The molecule has 1 aromatic carbocycles. The second kappa shape index (κ2) is 4.72. The largest absolute Gasteiger partial charge is 0.489 e. The Morgan fingerprint density at radius 1 is 1.24 bits per heavy atom. The molecule has 88 valence electrons. The lowest BCUT2D eigenvalue weighted by atomic mass is 10.1. The van der Waals surface area contributed by atoms with Gasteiger partial charge in [0.15, 0.2) is 0 Å². The Morgan fingerprint density at radius 2 is 2.24 bits per heavy atom. The second-order valence-electron chi connectivity index (χ2n) is 4.47. The molecule has 1 fully saturated rings. The van der Waals surface area contributed by atoms with Crippen molar-refractivity contribution in [2.75, 3.05) is 13.1 Å². The number of benzene rings is 1. The first-order valence-electron chi connectivity index (χ1n) is 6.13. The molecular formula is C14H16N2O. The van der Waals surface area contributed by atoms with E-state index in [2.05, 4.69) is 22.4 Å². The molecule has 0 bridgehead atoms. The summed E-state index contributed by atoms with van der Waals surface area (Å²) in [6.07, 6.45) is 6.34. The van der Waals surface area contributed by atoms with Gasteiger partial charge in [-0.2, -0.15) is 0 Å². The number of hydrogen-bond donors (Lipinski definition) is 1. The average molecular weight is 228 g/mol. The van der Waals surface area contributed by atoms with Crippen LogP contribution >= 0.6 is 0 Å². The van der Waals surface area contributed by atoms with Gasteiger partial charge in [0.05, 0.1) is 0 Å². The minimum atomic E-state index is 0.308. The number of ether oxygens (including phenoxy) is 1. The van der Waals surface area contributed by atoms with E-state index in [1.54, 1.807) is 0 Å². The first-order valence-corrected chi connectivity index (χ1v) is 6.13. The maximum atomic E-state index is 5.98. The summed E-state index contributed by atoms with van der Waals surface area (Å²) >= 11 is 0. The third-order valence-electron chi connectivity index (χ3n) is 3.17. The van der Waals surface area contributed by atoms with E-state index < -0.39 is 0 Å². The third-order valence-corrected chi connectivity index (χ3v) is 3.17. The van der Waals surface area contributed by atoms with Crippen LogP contribution in [0.4, 0.5) is 0 Å². The van der Waals surface area contributed by atoms with E-state index in [1.165, 1.54) is 11.8 Å². The topological polar surface area (TPSA) is 34.1 Å². The van der Waals surface area contributed by atoms with Crippen LogP contribution in [-0.2, 0) is 0 Å². The molecule has 1 aliphatic heterocycles. The molecule has 17 heavy (non-hydrogen) atoms. The van der Waals surface area contributed by atoms with Gasteiger partial charge < -0.3 is 10.1 Å². The molecule has 0 amide bonds. The highest BCUT2D eigenvalue weighted by atomic mass is 16.5. The Kier molecular flexibility index (Phi) is 2.92. The predicted molar refractivity (Wildman–Crippen MR) is 68.3 cm³/mol. The number of hydrogen-bond acceptors (Lipinski definition) is 3. The molecule has 1 saturated heterocycles. The van der Waals surface area contributed by atoms with Gasteiger partial charge in [0.25, 0.3) is 0 Å². The lowest BCUT2D eigenvalue weighted by Crippen LogP contribution is -2.37. The zero-order valence-corrected chi connectivity index (χ0v) is 9.73. The van der Waals surface area contributed by atoms with Crippen LogP contribution in [0.1, 0.15) is 12.8 Å². The SMILES string of the molecule is c1cc2cc(O[C@H]3CCCNC3)ccc2cn1. The normalized spacial score (nSPS) is 20.4. The average Bonchev–Trinajstić information content (AvgIpc) is 2.40. The summed E-state index contributed by atoms with van der Waals surface area (Å²) in [5, 5.41) is 5.69. The number of piperidine rings is 1. The number of nitrogens with zero attached hydrogens (tertiary/aromatic N) is 1. The Hall–Kier alpha value is -1.61. The van der Waals surface area contributed by atoms with Crippen LogP contribution in [0.2, 0.25) is 0 Å². The molecule has 1 aromatic heterocycles. The molecule has 0 unspecified atom stereocenters. The summed E-state index contributed by atoms with van der Waals surface area (Å²) < 4.78 is 5.98. The van der Waals surface area contributed by atoms with Crippen LogP contribution in [0.5, 0.6) is 5.75 Å². The van der Waals surface area contributed by atoms with Crippen LogP contribution < -0.4 is 10.1 Å². The molecule has 0 spiro atoms. The zero-order valence-electron chi connectivity index (χ0n) is 9.73. The van der Waals surface area contributed by atoms with Crippen LogP contribution in [0, 0.1) is 0 Å². The van der Waals surface area contributed by atoms with E-state index in [0.29, 0.717) is 6.10 Å². The van der Waals surface area contributed by atoms with Crippen molar-refractivity contribution < 1.29 is 4.74 Å². The van der Waals surface area contributed by atoms with Gasteiger partial charge in [-0.25, -0.2) is 0 Å². The fraction of sp³-hybridized carbons (Fsp3) is 0.357. The quantitative estimate of drug-likeness (QED) is 0.856. The lowest BCUT2D eigenvalue weighted by molar-refractivity contribution is 0.167. The molecule has 3 nitrogen and oxygen atoms in total. The van der Waals surface area contributed by atoms with Crippen LogP contribution in [-0.4, -0.2) is 24.2 Å². The minimum Gasteiger partial charge on any atom is -0.489 e. The summed E-state index contributed by atoms with van der Waals surface area (Å²) in [7, 11) is 0. The highest BCUT2D eigenvalue weighted by Gasteiger charge is 2.14. The summed E-state index contributed by atoms with van der Waals surface area (Å²) in [6.45, 7) is 2.07. The van der Waals surface area contributed by atoms with Gasteiger partial charge in [-0.05, 0) is 49.0 Å². The third kappa shape index (κ3) is 2.39. The highest BCUT2D eigenvalue weighted by molar-refractivity contribution is 5.82. The molecule has 0 saturated carbocycles. The number of pyridine rings is 1. The standard InChI is InChI=1S/C14H16N2O/c1-2-14(10-15-6-1)17-13-4-3-12-9-16-7-5-11(12)8-13/h3-5,7-9,14-15H,1-2,6,10H2/t14-/m0/s1. The van der Waals surface area contributed by atoms with Gasteiger partial charge in [-0.1, -0.05) is 0 Å². The molecule has 2 aromatic rings. The maximum Gasteiger partial charge on any atom is 0.120 e. The molecular weight excluding hydrogens is 212 g/mol. The van der Waals surface area contributed by atoms with Crippen molar-refractivity contribution in [2.24, 2.45) is 0 Å². The van der Waals surface area contributed by atoms with Gasteiger partial charge in [0.2, 0.25) is 0 Å². The van der Waals surface area contributed by atoms with Gasteiger partial charge >= 0.3 is 0 Å². The summed E-state index contributed by atoms with van der Waals surface area (Å²) in [5.41, 5.74) is 0. The number of fused-ring (bicyclic) bond motifs is 1. The van der Waals surface area contributed by atoms with E-state index in [1.807, 2.05) is 24.5 Å². The molecule has 1 aliphatic rings. The predicted octanol–water partition coefficient (Wildman–Crippen LogP) is 2.37.